The lowest BCUT2D eigenvalue weighted by Crippen LogP contribution is -2.38. The first-order chi connectivity index (χ1) is 10.2. The molecule has 1 aromatic carbocycles. The summed E-state index contributed by atoms with van der Waals surface area (Å²) in [5, 5.41) is 16.4. The number of rotatable bonds is 5. The van der Waals surface area contributed by atoms with Gasteiger partial charge in [0.25, 0.3) is 0 Å². The van der Waals surface area contributed by atoms with Gasteiger partial charge in [-0.15, -0.1) is 24.0 Å². The van der Waals surface area contributed by atoms with Gasteiger partial charge < -0.3 is 20.2 Å². The number of aryl methyl sites for hydroxylation is 1. The Morgan fingerprint density at radius 3 is 2.73 bits per heavy atom. The van der Waals surface area contributed by atoms with Crippen LogP contribution in [0.1, 0.15) is 23.0 Å². The largest absolute Gasteiger partial charge is 0.467 e. The summed E-state index contributed by atoms with van der Waals surface area (Å²) in [4.78, 5) is 4.11. The molecule has 1 aromatic heterocycles. The van der Waals surface area contributed by atoms with Crippen molar-refractivity contribution >= 4 is 29.9 Å². The van der Waals surface area contributed by atoms with E-state index >= 15 is 0 Å². The van der Waals surface area contributed by atoms with Gasteiger partial charge in [0.2, 0.25) is 0 Å². The van der Waals surface area contributed by atoms with E-state index in [4.69, 9.17) is 4.42 Å². The Morgan fingerprint density at radius 2 is 2.09 bits per heavy atom. The minimum absolute atomic E-state index is 0. The number of hydrogen-bond donors (Lipinski definition) is 3. The molecule has 5 nitrogen and oxygen atoms in total. The Labute approximate surface area is 147 Å². The number of nitrogens with one attached hydrogen (secondary N) is 2. The maximum Gasteiger partial charge on any atom is 0.191 e. The highest BCUT2D eigenvalue weighted by atomic mass is 127. The van der Waals surface area contributed by atoms with Gasteiger partial charge in [0.15, 0.2) is 5.96 Å². The number of furan rings is 1. The van der Waals surface area contributed by atoms with Gasteiger partial charge in [-0.2, -0.15) is 0 Å². The van der Waals surface area contributed by atoms with Crippen molar-refractivity contribution < 1.29 is 9.52 Å². The van der Waals surface area contributed by atoms with E-state index in [0.717, 1.165) is 16.9 Å². The molecule has 0 spiro atoms. The summed E-state index contributed by atoms with van der Waals surface area (Å²) in [6.45, 7) is 2.95. The summed E-state index contributed by atoms with van der Waals surface area (Å²) in [5.74, 6) is 1.45. The summed E-state index contributed by atoms with van der Waals surface area (Å²) in [6.07, 6.45) is 1.06. The fourth-order valence-corrected chi connectivity index (χ4v) is 1.99. The zero-order valence-corrected chi connectivity index (χ0v) is 15.1. The van der Waals surface area contributed by atoms with E-state index in [9.17, 15) is 5.11 Å². The summed E-state index contributed by atoms with van der Waals surface area (Å²) in [5.41, 5.74) is 2.02. The lowest BCUT2D eigenvalue weighted by molar-refractivity contribution is 0.180. The highest BCUT2D eigenvalue weighted by Crippen LogP contribution is 2.13. The number of hydrogen-bond acceptors (Lipinski definition) is 3. The average Bonchev–Trinajstić information content (AvgIpc) is 3.00. The van der Waals surface area contributed by atoms with Crippen molar-refractivity contribution in [2.75, 3.05) is 13.6 Å². The third kappa shape index (κ3) is 5.69. The van der Waals surface area contributed by atoms with Crippen LogP contribution in [0.15, 0.2) is 52.1 Å². The Hall–Kier alpha value is -1.54. The van der Waals surface area contributed by atoms with Crippen molar-refractivity contribution in [3.05, 3.63) is 59.5 Å². The summed E-state index contributed by atoms with van der Waals surface area (Å²) < 4.78 is 5.24. The van der Waals surface area contributed by atoms with Gasteiger partial charge in [-0.25, -0.2) is 0 Å². The molecule has 1 unspecified atom stereocenters. The molecule has 0 aliphatic rings. The van der Waals surface area contributed by atoms with E-state index in [1.54, 1.807) is 13.3 Å². The first-order valence-corrected chi connectivity index (χ1v) is 6.90. The molecule has 120 valence electrons. The molecule has 22 heavy (non-hydrogen) atoms. The van der Waals surface area contributed by atoms with Crippen LogP contribution in [0.25, 0.3) is 0 Å². The first kappa shape index (κ1) is 18.5. The van der Waals surface area contributed by atoms with Crippen LogP contribution in [0.3, 0.4) is 0 Å². The molecule has 6 heteroatoms. The SMILES string of the molecule is CN=C(NCc1ccco1)NCC(O)c1cccc(C)c1.I. The van der Waals surface area contributed by atoms with Crippen molar-refractivity contribution in [2.24, 2.45) is 4.99 Å². The highest BCUT2D eigenvalue weighted by Gasteiger charge is 2.08. The van der Waals surface area contributed by atoms with Crippen LogP contribution < -0.4 is 10.6 Å². The van der Waals surface area contributed by atoms with Crippen molar-refractivity contribution in [1.29, 1.82) is 0 Å². The molecule has 0 aliphatic carbocycles. The molecule has 0 amide bonds. The van der Waals surface area contributed by atoms with E-state index in [2.05, 4.69) is 15.6 Å². The molecule has 1 heterocycles. The lowest BCUT2D eigenvalue weighted by atomic mass is 10.1. The molecule has 2 aromatic rings. The molecule has 2 rings (SSSR count). The Kier molecular flexibility index (Phi) is 7.97. The second-order valence-corrected chi connectivity index (χ2v) is 4.82. The molecular formula is C16H22IN3O2. The van der Waals surface area contributed by atoms with E-state index in [1.165, 1.54) is 0 Å². The number of guanidine groups is 1. The molecule has 0 saturated heterocycles. The predicted octanol–water partition coefficient (Wildman–Crippen LogP) is 2.60. The van der Waals surface area contributed by atoms with Crippen molar-refractivity contribution in [3.63, 3.8) is 0 Å². The van der Waals surface area contributed by atoms with E-state index in [0.29, 0.717) is 19.0 Å². The highest BCUT2D eigenvalue weighted by molar-refractivity contribution is 14.0. The second kappa shape index (κ2) is 9.47. The van der Waals surface area contributed by atoms with Crippen molar-refractivity contribution in [1.82, 2.24) is 10.6 Å². The summed E-state index contributed by atoms with van der Waals surface area (Å²) >= 11 is 0. The smallest absolute Gasteiger partial charge is 0.191 e. The van der Waals surface area contributed by atoms with Gasteiger partial charge in [-0.3, -0.25) is 4.99 Å². The fourth-order valence-electron chi connectivity index (χ4n) is 1.99. The third-order valence-electron chi connectivity index (χ3n) is 3.12. The normalized spacial score (nSPS) is 12.4. The lowest BCUT2D eigenvalue weighted by Gasteiger charge is -2.15. The van der Waals surface area contributed by atoms with Crippen LogP contribution in [0, 0.1) is 6.92 Å². The third-order valence-corrected chi connectivity index (χ3v) is 3.12. The number of aliphatic hydroxyl groups excluding tert-OH is 1. The van der Waals surface area contributed by atoms with Crippen LogP contribution >= 0.6 is 24.0 Å². The Bertz CT molecular complexity index is 585. The van der Waals surface area contributed by atoms with Crippen LogP contribution in [-0.2, 0) is 6.54 Å². The minimum Gasteiger partial charge on any atom is -0.467 e. The molecule has 0 aliphatic heterocycles. The van der Waals surface area contributed by atoms with Crippen LogP contribution in [0.4, 0.5) is 0 Å². The first-order valence-electron chi connectivity index (χ1n) is 6.90. The van der Waals surface area contributed by atoms with Crippen molar-refractivity contribution in [3.8, 4) is 0 Å². The second-order valence-electron chi connectivity index (χ2n) is 4.82. The van der Waals surface area contributed by atoms with Crippen molar-refractivity contribution in [2.45, 2.75) is 19.6 Å². The number of nitrogens with zero attached hydrogens (tertiary/aromatic N) is 1. The van der Waals surface area contributed by atoms with Gasteiger partial charge in [-0.05, 0) is 24.6 Å². The molecule has 3 N–H and O–H groups in total. The molecule has 1 atom stereocenters. The molecule has 0 bridgehead atoms. The van der Waals surface area contributed by atoms with Gasteiger partial charge in [0.1, 0.15) is 5.76 Å². The number of aliphatic imine (C=N–C) groups is 1. The summed E-state index contributed by atoms with van der Waals surface area (Å²) in [7, 11) is 1.69. The van der Waals surface area contributed by atoms with Crippen LogP contribution in [0.2, 0.25) is 0 Å². The van der Waals surface area contributed by atoms with Crippen LogP contribution in [-0.4, -0.2) is 24.7 Å². The van der Waals surface area contributed by atoms with E-state index in [1.807, 2.05) is 43.3 Å². The Morgan fingerprint density at radius 1 is 1.27 bits per heavy atom. The summed E-state index contributed by atoms with van der Waals surface area (Å²) in [6, 6.07) is 11.6. The molecular weight excluding hydrogens is 393 g/mol. The molecule has 0 fully saturated rings. The number of halogens is 1. The number of aliphatic hydroxyl groups is 1. The Balaban J connectivity index is 0.00000242. The average molecular weight is 415 g/mol. The number of benzene rings is 1. The maximum absolute atomic E-state index is 10.2. The monoisotopic (exact) mass is 415 g/mol. The van der Waals surface area contributed by atoms with E-state index in [-0.39, 0.29) is 24.0 Å². The van der Waals surface area contributed by atoms with Gasteiger partial charge >= 0.3 is 0 Å². The fraction of sp³-hybridized carbons (Fsp3) is 0.312. The maximum atomic E-state index is 10.2. The van der Waals surface area contributed by atoms with Gasteiger partial charge in [0.05, 0.1) is 18.9 Å². The van der Waals surface area contributed by atoms with E-state index < -0.39 is 6.10 Å². The molecule has 0 radical (unpaired) electrons. The van der Waals surface area contributed by atoms with Gasteiger partial charge in [0, 0.05) is 13.6 Å². The quantitative estimate of drug-likeness (QED) is 0.399. The van der Waals surface area contributed by atoms with Crippen LogP contribution in [0.5, 0.6) is 0 Å². The standard InChI is InChI=1S/C16H21N3O2.HI/c1-12-5-3-6-13(9-12)15(20)11-19-16(17-2)18-10-14-7-4-8-21-14;/h3-9,15,20H,10-11H2,1-2H3,(H2,17,18,19);1H. The zero-order valence-electron chi connectivity index (χ0n) is 12.7. The molecule has 0 saturated carbocycles. The topological polar surface area (TPSA) is 69.8 Å². The minimum atomic E-state index is -0.577. The predicted molar refractivity (Wildman–Crippen MR) is 98.5 cm³/mol. The zero-order chi connectivity index (χ0) is 15.1. The van der Waals surface area contributed by atoms with Gasteiger partial charge in [-0.1, -0.05) is 29.8 Å².